The minimum atomic E-state index is -0.404. The predicted molar refractivity (Wildman–Crippen MR) is 60.7 cm³/mol. The molecule has 0 N–H and O–H groups in total. The molecule has 75 valence electrons. The average molecular weight is 240 g/mol. The summed E-state index contributed by atoms with van der Waals surface area (Å²) in [6.07, 6.45) is 0. The quantitative estimate of drug-likeness (QED) is 0.683. The van der Waals surface area contributed by atoms with Crippen LogP contribution in [-0.4, -0.2) is 0 Å². The van der Waals surface area contributed by atoms with Crippen molar-refractivity contribution in [3.8, 4) is 11.1 Å². The Bertz CT molecular complexity index is 495. The van der Waals surface area contributed by atoms with Crippen molar-refractivity contribution in [1.29, 1.82) is 0 Å². The molecule has 0 aliphatic rings. The summed E-state index contributed by atoms with van der Waals surface area (Å²) < 4.78 is 12.9. The molecule has 2 aromatic rings. The van der Waals surface area contributed by atoms with Crippen LogP contribution >= 0.6 is 23.2 Å². The highest BCUT2D eigenvalue weighted by Gasteiger charge is 2.04. The summed E-state index contributed by atoms with van der Waals surface area (Å²) in [5.74, 6) is -0.404. The third-order valence-corrected chi connectivity index (χ3v) is 2.56. The van der Waals surface area contributed by atoms with Gasteiger partial charge in [-0.3, -0.25) is 0 Å². The largest absolute Gasteiger partial charge is 0.206 e. The Kier molecular flexibility index (Phi) is 2.94. The lowest BCUT2D eigenvalue weighted by Gasteiger charge is -2.04. The summed E-state index contributed by atoms with van der Waals surface area (Å²) in [5.41, 5.74) is 1.47. The Morgan fingerprint density at radius 2 is 1.87 bits per heavy atom. The average Bonchev–Trinajstić information content (AvgIpc) is 2.17. The molecule has 15 heavy (non-hydrogen) atoms. The lowest BCUT2D eigenvalue weighted by atomic mass is 10.1. The normalized spacial score (nSPS) is 10.3. The number of hydrogen-bond acceptors (Lipinski definition) is 0. The van der Waals surface area contributed by atoms with Crippen LogP contribution in [0.3, 0.4) is 0 Å². The van der Waals surface area contributed by atoms with Gasteiger partial charge >= 0.3 is 0 Å². The van der Waals surface area contributed by atoms with Crippen LogP contribution in [0.1, 0.15) is 0 Å². The zero-order valence-electron chi connectivity index (χ0n) is 7.60. The molecule has 0 aliphatic carbocycles. The zero-order chi connectivity index (χ0) is 10.8. The van der Waals surface area contributed by atoms with E-state index in [1.807, 2.05) is 0 Å². The molecule has 0 atom stereocenters. The molecule has 0 unspecified atom stereocenters. The maximum absolute atomic E-state index is 12.9. The lowest BCUT2D eigenvalue weighted by Crippen LogP contribution is -1.81. The van der Waals surface area contributed by atoms with Gasteiger partial charge in [0.25, 0.3) is 0 Å². The second-order valence-electron chi connectivity index (χ2n) is 3.05. The Morgan fingerprint density at radius 1 is 1.07 bits per heavy atom. The van der Waals surface area contributed by atoms with Crippen LogP contribution in [-0.2, 0) is 0 Å². The molecular formula is C12H6Cl2F. The molecule has 2 rings (SSSR count). The molecule has 0 fully saturated rings. The molecule has 0 aromatic heterocycles. The smallest absolute Gasteiger partial charge is 0.131 e. The molecule has 3 heteroatoms. The minimum Gasteiger partial charge on any atom is -0.206 e. The van der Waals surface area contributed by atoms with Crippen molar-refractivity contribution in [2.75, 3.05) is 0 Å². The van der Waals surface area contributed by atoms with Crippen molar-refractivity contribution in [2.45, 2.75) is 0 Å². The van der Waals surface area contributed by atoms with Crippen LogP contribution in [0, 0.1) is 11.9 Å². The van der Waals surface area contributed by atoms with E-state index in [4.69, 9.17) is 23.2 Å². The van der Waals surface area contributed by atoms with Crippen molar-refractivity contribution in [2.24, 2.45) is 0 Å². The van der Waals surface area contributed by atoms with E-state index in [0.29, 0.717) is 15.6 Å². The van der Waals surface area contributed by atoms with Crippen molar-refractivity contribution >= 4 is 23.2 Å². The summed E-state index contributed by atoms with van der Waals surface area (Å²) in [6, 6.07) is 12.2. The second kappa shape index (κ2) is 4.21. The topological polar surface area (TPSA) is 0 Å². The van der Waals surface area contributed by atoms with Crippen LogP contribution < -0.4 is 0 Å². The first kappa shape index (κ1) is 10.5. The second-order valence-corrected chi connectivity index (χ2v) is 3.89. The summed E-state index contributed by atoms with van der Waals surface area (Å²) in [6.45, 7) is 0. The fourth-order valence-electron chi connectivity index (χ4n) is 1.33. The standard InChI is InChI=1S/C12H6Cl2F/c13-9-4-5-11(12(14)7-9)8-2-1-3-10(15)6-8/h1-2,4-7H. The molecule has 0 amide bonds. The summed E-state index contributed by atoms with van der Waals surface area (Å²) >= 11 is 11.8. The molecule has 0 saturated carbocycles. The molecule has 0 bridgehead atoms. The van der Waals surface area contributed by atoms with Crippen LogP contribution in [0.4, 0.5) is 4.39 Å². The van der Waals surface area contributed by atoms with Crippen molar-refractivity contribution in [3.05, 3.63) is 58.3 Å². The van der Waals surface area contributed by atoms with Gasteiger partial charge in [0.15, 0.2) is 0 Å². The first-order chi connectivity index (χ1) is 7.16. The van der Waals surface area contributed by atoms with Gasteiger partial charge in [0.1, 0.15) is 5.82 Å². The molecule has 0 spiro atoms. The SMILES string of the molecule is Fc1[c]ccc(-c2ccc(Cl)cc2Cl)c1. The van der Waals surface area contributed by atoms with Crippen LogP contribution in [0.2, 0.25) is 10.0 Å². The van der Waals surface area contributed by atoms with Gasteiger partial charge in [-0.1, -0.05) is 41.4 Å². The van der Waals surface area contributed by atoms with E-state index in [0.717, 1.165) is 5.56 Å². The Hall–Kier alpha value is -1.05. The predicted octanol–water partition coefficient (Wildman–Crippen LogP) is 4.60. The highest BCUT2D eigenvalue weighted by Crippen LogP contribution is 2.30. The third kappa shape index (κ3) is 2.31. The van der Waals surface area contributed by atoms with E-state index in [1.54, 1.807) is 24.3 Å². The Balaban J connectivity index is 2.54. The lowest BCUT2D eigenvalue weighted by molar-refractivity contribution is 0.626. The molecule has 0 nitrogen and oxygen atoms in total. The van der Waals surface area contributed by atoms with Gasteiger partial charge in [-0.25, -0.2) is 4.39 Å². The molecule has 2 aromatic carbocycles. The van der Waals surface area contributed by atoms with E-state index < -0.39 is 5.82 Å². The molecular weight excluding hydrogens is 234 g/mol. The van der Waals surface area contributed by atoms with Crippen LogP contribution in [0.5, 0.6) is 0 Å². The van der Waals surface area contributed by atoms with Gasteiger partial charge in [0.05, 0.1) is 0 Å². The van der Waals surface area contributed by atoms with Gasteiger partial charge in [-0.2, -0.15) is 0 Å². The third-order valence-electron chi connectivity index (χ3n) is 2.01. The van der Waals surface area contributed by atoms with E-state index in [1.165, 1.54) is 12.1 Å². The first-order valence-electron chi connectivity index (χ1n) is 4.29. The molecule has 0 aliphatic heterocycles. The molecule has 0 saturated heterocycles. The Morgan fingerprint density at radius 3 is 2.53 bits per heavy atom. The van der Waals surface area contributed by atoms with E-state index >= 15 is 0 Å². The van der Waals surface area contributed by atoms with Gasteiger partial charge < -0.3 is 0 Å². The zero-order valence-corrected chi connectivity index (χ0v) is 9.11. The van der Waals surface area contributed by atoms with Gasteiger partial charge in [-0.05, 0) is 23.8 Å². The van der Waals surface area contributed by atoms with Crippen molar-refractivity contribution in [1.82, 2.24) is 0 Å². The maximum Gasteiger partial charge on any atom is 0.131 e. The van der Waals surface area contributed by atoms with Gasteiger partial charge in [0.2, 0.25) is 0 Å². The van der Waals surface area contributed by atoms with Gasteiger partial charge in [-0.15, -0.1) is 0 Å². The van der Waals surface area contributed by atoms with Crippen molar-refractivity contribution < 1.29 is 4.39 Å². The molecule has 1 radical (unpaired) electrons. The van der Waals surface area contributed by atoms with E-state index in [9.17, 15) is 4.39 Å². The number of benzene rings is 2. The first-order valence-corrected chi connectivity index (χ1v) is 5.05. The maximum atomic E-state index is 12.9. The number of rotatable bonds is 1. The van der Waals surface area contributed by atoms with E-state index in [-0.39, 0.29) is 0 Å². The monoisotopic (exact) mass is 239 g/mol. The highest BCUT2D eigenvalue weighted by molar-refractivity contribution is 6.36. The fraction of sp³-hybridized carbons (Fsp3) is 0. The van der Waals surface area contributed by atoms with Crippen molar-refractivity contribution in [3.63, 3.8) is 0 Å². The fourth-order valence-corrected chi connectivity index (χ4v) is 1.85. The van der Waals surface area contributed by atoms with E-state index in [2.05, 4.69) is 6.07 Å². The molecule has 0 heterocycles. The summed E-state index contributed by atoms with van der Waals surface area (Å²) in [7, 11) is 0. The summed E-state index contributed by atoms with van der Waals surface area (Å²) in [5, 5.41) is 1.07. The minimum absolute atomic E-state index is 0.404. The number of hydrogen-bond donors (Lipinski definition) is 0. The number of halogens is 3. The van der Waals surface area contributed by atoms with Crippen LogP contribution in [0.15, 0.2) is 36.4 Å². The van der Waals surface area contributed by atoms with Gasteiger partial charge in [0, 0.05) is 21.7 Å². The van der Waals surface area contributed by atoms with Crippen LogP contribution in [0.25, 0.3) is 11.1 Å². The summed E-state index contributed by atoms with van der Waals surface area (Å²) in [4.78, 5) is 0. The highest BCUT2D eigenvalue weighted by atomic mass is 35.5. The Labute approximate surface area is 97.3 Å².